The third kappa shape index (κ3) is 18.3. The smallest absolute Gasteiger partial charge is 0.306 e. The molecule has 0 saturated heterocycles. The number of hydrogen-bond acceptors (Lipinski definition) is 1. The molecule has 0 rings (SSSR count). The number of hydrogen-bond donors (Lipinski definition) is 1. The zero-order valence-electron chi connectivity index (χ0n) is 18.2. The second-order valence-corrected chi connectivity index (χ2v) is 8.74. The van der Waals surface area contributed by atoms with Gasteiger partial charge in [0.2, 0.25) is 0 Å². The van der Waals surface area contributed by atoms with Gasteiger partial charge in [0.05, 0.1) is 5.92 Å². The van der Waals surface area contributed by atoms with Crippen LogP contribution in [0.3, 0.4) is 0 Å². The molecule has 2 nitrogen and oxygen atoms in total. The van der Waals surface area contributed by atoms with E-state index in [-0.39, 0.29) is 5.92 Å². The fraction of sp³-hybridized carbons (Fsp3) is 0.958. The molecule has 0 aliphatic heterocycles. The van der Waals surface area contributed by atoms with Crippen molar-refractivity contribution in [1.29, 1.82) is 0 Å². The van der Waals surface area contributed by atoms with Crippen LogP contribution >= 0.6 is 0 Å². The van der Waals surface area contributed by atoms with E-state index < -0.39 is 5.97 Å². The van der Waals surface area contributed by atoms with Crippen LogP contribution in [0.2, 0.25) is 0 Å². The Morgan fingerprint density at radius 2 is 0.962 bits per heavy atom. The van der Waals surface area contributed by atoms with E-state index in [4.69, 9.17) is 0 Å². The highest BCUT2D eigenvalue weighted by molar-refractivity contribution is 5.69. The summed E-state index contributed by atoms with van der Waals surface area (Å²) in [6, 6.07) is 0. The Kier molecular flexibility index (Phi) is 18.8. The fourth-order valence-electron chi connectivity index (χ4n) is 3.74. The molecule has 0 saturated carbocycles. The number of carboxylic acids is 1. The summed E-state index contributed by atoms with van der Waals surface area (Å²) in [5.74, 6) is 0.146. The number of carbonyl (C=O) groups is 1. The first-order valence-corrected chi connectivity index (χ1v) is 11.8. The maximum absolute atomic E-state index is 11.4. The Labute approximate surface area is 164 Å². The maximum Gasteiger partial charge on any atom is 0.306 e. The predicted octanol–water partition coefficient (Wildman–Crippen LogP) is 8.38. The molecule has 26 heavy (non-hydrogen) atoms. The largest absolute Gasteiger partial charge is 0.481 e. The summed E-state index contributed by atoms with van der Waals surface area (Å²) >= 11 is 0. The highest BCUT2D eigenvalue weighted by Crippen LogP contribution is 2.20. The van der Waals surface area contributed by atoms with E-state index in [0.717, 1.165) is 31.6 Å². The fourth-order valence-corrected chi connectivity index (χ4v) is 3.74. The molecule has 0 aromatic carbocycles. The van der Waals surface area contributed by atoms with Gasteiger partial charge in [0.1, 0.15) is 0 Å². The molecule has 0 aliphatic rings. The minimum absolute atomic E-state index is 0.0975. The molecule has 0 aromatic rings. The third-order valence-electron chi connectivity index (χ3n) is 5.59. The summed E-state index contributed by atoms with van der Waals surface area (Å²) in [6.45, 7) is 6.83. The van der Waals surface area contributed by atoms with Crippen molar-refractivity contribution >= 4 is 5.97 Å². The van der Waals surface area contributed by atoms with Crippen LogP contribution in [-0.4, -0.2) is 11.1 Å². The van der Waals surface area contributed by atoms with Crippen molar-refractivity contribution < 1.29 is 9.90 Å². The number of aliphatic carboxylic acids is 1. The maximum atomic E-state index is 11.4. The van der Waals surface area contributed by atoms with Crippen molar-refractivity contribution in [2.45, 2.75) is 136 Å². The van der Waals surface area contributed by atoms with Crippen molar-refractivity contribution in [2.75, 3.05) is 0 Å². The van der Waals surface area contributed by atoms with E-state index in [1.54, 1.807) is 0 Å². The molecule has 2 heteroatoms. The van der Waals surface area contributed by atoms with E-state index in [2.05, 4.69) is 20.8 Å². The average Bonchev–Trinajstić information content (AvgIpc) is 2.60. The Morgan fingerprint density at radius 3 is 1.31 bits per heavy atom. The van der Waals surface area contributed by atoms with Crippen LogP contribution in [0.5, 0.6) is 0 Å². The number of carboxylic acid groups (broad SMARTS) is 1. The minimum Gasteiger partial charge on any atom is -0.481 e. The molecule has 1 N–H and O–H groups in total. The average molecular weight is 369 g/mol. The lowest BCUT2D eigenvalue weighted by atomic mass is 9.94. The molecule has 156 valence electrons. The monoisotopic (exact) mass is 368 g/mol. The van der Waals surface area contributed by atoms with Crippen LogP contribution in [0.1, 0.15) is 136 Å². The summed E-state index contributed by atoms with van der Waals surface area (Å²) in [6.07, 6.45) is 22.5. The lowest BCUT2D eigenvalue weighted by Crippen LogP contribution is -2.13. The van der Waals surface area contributed by atoms with Gasteiger partial charge in [0.25, 0.3) is 0 Å². The SMILES string of the molecule is CCCCCCCCCCCCC(CCCCCCCC(C)C)C(=O)O. The molecule has 0 aliphatic carbocycles. The molecule has 0 fully saturated rings. The lowest BCUT2D eigenvalue weighted by Gasteiger charge is -2.12. The van der Waals surface area contributed by atoms with E-state index >= 15 is 0 Å². The van der Waals surface area contributed by atoms with Gasteiger partial charge < -0.3 is 5.11 Å². The zero-order chi connectivity index (χ0) is 19.5. The van der Waals surface area contributed by atoms with E-state index in [0.29, 0.717) is 0 Å². The van der Waals surface area contributed by atoms with Crippen LogP contribution in [0.25, 0.3) is 0 Å². The van der Waals surface area contributed by atoms with E-state index in [9.17, 15) is 9.90 Å². The van der Waals surface area contributed by atoms with Gasteiger partial charge >= 0.3 is 5.97 Å². The van der Waals surface area contributed by atoms with Gasteiger partial charge in [-0.1, -0.05) is 124 Å². The molecule has 0 bridgehead atoms. The van der Waals surface area contributed by atoms with Gasteiger partial charge in [-0.05, 0) is 18.8 Å². The second kappa shape index (κ2) is 19.2. The molecular weight excluding hydrogens is 320 g/mol. The second-order valence-electron chi connectivity index (χ2n) is 8.74. The Hall–Kier alpha value is -0.530. The molecule has 1 atom stereocenters. The van der Waals surface area contributed by atoms with Crippen LogP contribution in [0.4, 0.5) is 0 Å². The molecule has 0 amide bonds. The van der Waals surface area contributed by atoms with Crippen LogP contribution in [0, 0.1) is 11.8 Å². The van der Waals surface area contributed by atoms with Gasteiger partial charge in [0, 0.05) is 0 Å². The van der Waals surface area contributed by atoms with Crippen molar-refractivity contribution in [3.63, 3.8) is 0 Å². The third-order valence-corrected chi connectivity index (χ3v) is 5.59. The predicted molar refractivity (Wildman–Crippen MR) is 115 cm³/mol. The van der Waals surface area contributed by atoms with Gasteiger partial charge in [-0.15, -0.1) is 0 Å². The number of rotatable bonds is 20. The quantitative estimate of drug-likeness (QED) is 0.219. The highest BCUT2D eigenvalue weighted by atomic mass is 16.4. The summed E-state index contributed by atoms with van der Waals surface area (Å²) in [7, 11) is 0. The standard InChI is InChI=1S/C24H48O2/c1-4-5-6-7-8-9-10-11-14-17-20-23(24(25)26)21-18-15-12-13-16-19-22(2)3/h22-23H,4-21H2,1-3H3,(H,25,26). The van der Waals surface area contributed by atoms with Crippen LogP contribution in [-0.2, 0) is 4.79 Å². The van der Waals surface area contributed by atoms with Crippen molar-refractivity contribution in [3.05, 3.63) is 0 Å². The van der Waals surface area contributed by atoms with Gasteiger partial charge in [-0.3, -0.25) is 4.79 Å². The molecule has 0 spiro atoms. The first kappa shape index (κ1) is 25.5. The van der Waals surface area contributed by atoms with Crippen molar-refractivity contribution in [2.24, 2.45) is 11.8 Å². The van der Waals surface area contributed by atoms with Crippen LogP contribution < -0.4 is 0 Å². The van der Waals surface area contributed by atoms with Crippen molar-refractivity contribution in [3.8, 4) is 0 Å². The highest BCUT2D eigenvalue weighted by Gasteiger charge is 2.16. The molecular formula is C24H48O2. The Balaban J connectivity index is 3.49. The molecule has 0 aromatic heterocycles. The summed E-state index contributed by atoms with van der Waals surface area (Å²) in [5, 5.41) is 9.42. The molecule has 1 unspecified atom stereocenters. The van der Waals surface area contributed by atoms with Crippen molar-refractivity contribution in [1.82, 2.24) is 0 Å². The first-order valence-electron chi connectivity index (χ1n) is 11.8. The molecule has 0 radical (unpaired) electrons. The Bertz CT molecular complexity index is 299. The van der Waals surface area contributed by atoms with Gasteiger partial charge in [0.15, 0.2) is 0 Å². The van der Waals surface area contributed by atoms with Gasteiger partial charge in [-0.2, -0.15) is 0 Å². The Morgan fingerprint density at radius 1 is 0.615 bits per heavy atom. The summed E-state index contributed by atoms with van der Waals surface area (Å²) in [4.78, 5) is 11.4. The minimum atomic E-state index is -0.569. The summed E-state index contributed by atoms with van der Waals surface area (Å²) < 4.78 is 0. The van der Waals surface area contributed by atoms with E-state index in [1.807, 2.05) is 0 Å². The van der Waals surface area contributed by atoms with E-state index in [1.165, 1.54) is 89.9 Å². The topological polar surface area (TPSA) is 37.3 Å². The molecule has 0 heterocycles. The first-order chi connectivity index (χ1) is 12.6. The number of unbranched alkanes of at least 4 members (excludes halogenated alkanes) is 13. The van der Waals surface area contributed by atoms with Gasteiger partial charge in [-0.25, -0.2) is 0 Å². The summed E-state index contributed by atoms with van der Waals surface area (Å²) in [5.41, 5.74) is 0. The zero-order valence-corrected chi connectivity index (χ0v) is 18.2. The normalized spacial score (nSPS) is 12.6. The van der Waals surface area contributed by atoms with Crippen LogP contribution in [0.15, 0.2) is 0 Å². The lowest BCUT2D eigenvalue weighted by molar-refractivity contribution is -0.142.